The van der Waals surface area contributed by atoms with Crippen LogP contribution in [-0.4, -0.2) is 11.1 Å². The highest BCUT2D eigenvalue weighted by atomic mass is 16.4. The second-order valence-electron chi connectivity index (χ2n) is 5.38. The molecular weight excluding hydrogens is 248 g/mol. The minimum atomic E-state index is -0.663. The maximum atomic E-state index is 10.3. The number of rotatable bonds is 14. The number of unbranched alkanes of at least 4 members (excludes halogenated alkanes) is 9. The van der Waals surface area contributed by atoms with E-state index < -0.39 is 5.97 Å². The molecule has 0 saturated carbocycles. The molecule has 0 spiro atoms. The topological polar surface area (TPSA) is 37.3 Å². The molecule has 0 aromatic rings. The molecule has 0 radical (unpaired) electrons. The second-order valence-corrected chi connectivity index (χ2v) is 5.38. The highest BCUT2D eigenvalue weighted by Crippen LogP contribution is 2.11. The van der Waals surface area contributed by atoms with Crippen LogP contribution < -0.4 is 0 Å². The van der Waals surface area contributed by atoms with Crippen LogP contribution in [-0.2, 0) is 4.79 Å². The lowest BCUT2D eigenvalue weighted by Gasteiger charge is -2.01. The number of allylic oxidation sites excluding steroid dienone is 4. The Hall–Kier alpha value is -1.05. The van der Waals surface area contributed by atoms with Crippen molar-refractivity contribution in [3.63, 3.8) is 0 Å². The maximum Gasteiger partial charge on any atom is 0.303 e. The molecule has 0 aliphatic heterocycles. The van der Waals surface area contributed by atoms with E-state index in [0.29, 0.717) is 6.42 Å². The van der Waals surface area contributed by atoms with E-state index in [-0.39, 0.29) is 0 Å². The first kappa shape index (κ1) is 18.9. The zero-order chi connectivity index (χ0) is 14.9. The van der Waals surface area contributed by atoms with Crippen molar-refractivity contribution in [3.8, 4) is 0 Å². The van der Waals surface area contributed by atoms with E-state index in [1.165, 1.54) is 51.4 Å². The summed E-state index contributed by atoms with van der Waals surface area (Å²) in [5.41, 5.74) is 0. The summed E-state index contributed by atoms with van der Waals surface area (Å²) in [6, 6.07) is 0. The van der Waals surface area contributed by atoms with Gasteiger partial charge >= 0.3 is 5.97 Å². The van der Waals surface area contributed by atoms with E-state index in [9.17, 15) is 4.79 Å². The SMILES string of the molecule is CC/C=C/C=C/CCCCCCCCCCCC(=O)O. The quantitative estimate of drug-likeness (QED) is 0.318. The molecule has 0 amide bonds. The van der Waals surface area contributed by atoms with Crippen molar-refractivity contribution >= 4 is 5.97 Å². The van der Waals surface area contributed by atoms with E-state index >= 15 is 0 Å². The Bertz CT molecular complexity index is 267. The minimum Gasteiger partial charge on any atom is -0.481 e. The summed E-state index contributed by atoms with van der Waals surface area (Å²) >= 11 is 0. The molecule has 2 heteroatoms. The Morgan fingerprint density at radius 2 is 1.30 bits per heavy atom. The highest BCUT2D eigenvalue weighted by molar-refractivity contribution is 5.66. The summed E-state index contributed by atoms with van der Waals surface area (Å²) < 4.78 is 0. The van der Waals surface area contributed by atoms with E-state index in [4.69, 9.17) is 5.11 Å². The van der Waals surface area contributed by atoms with Gasteiger partial charge in [0.15, 0.2) is 0 Å². The van der Waals surface area contributed by atoms with E-state index in [1.807, 2.05) is 0 Å². The first-order chi connectivity index (χ1) is 9.77. The molecule has 0 aromatic carbocycles. The second kappa shape index (κ2) is 16.0. The number of hydrogen-bond donors (Lipinski definition) is 1. The van der Waals surface area contributed by atoms with Gasteiger partial charge in [-0.15, -0.1) is 0 Å². The van der Waals surface area contributed by atoms with Gasteiger partial charge in [0.05, 0.1) is 0 Å². The normalized spacial score (nSPS) is 11.7. The molecule has 20 heavy (non-hydrogen) atoms. The van der Waals surface area contributed by atoms with E-state index in [2.05, 4.69) is 31.2 Å². The number of carboxylic acid groups (broad SMARTS) is 1. The van der Waals surface area contributed by atoms with Crippen molar-refractivity contribution in [2.45, 2.75) is 84.0 Å². The Morgan fingerprint density at radius 3 is 1.85 bits per heavy atom. The summed E-state index contributed by atoms with van der Waals surface area (Å²) in [5.74, 6) is -0.663. The molecule has 1 N–H and O–H groups in total. The van der Waals surface area contributed by atoms with Crippen molar-refractivity contribution in [2.75, 3.05) is 0 Å². The molecular formula is C18H32O2. The average Bonchev–Trinajstić information content (AvgIpc) is 2.43. The summed E-state index contributed by atoms with van der Waals surface area (Å²) in [7, 11) is 0. The number of hydrogen-bond acceptors (Lipinski definition) is 1. The summed E-state index contributed by atoms with van der Waals surface area (Å²) in [6.45, 7) is 2.15. The summed E-state index contributed by atoms with van der Waals surface area (Å²) in [4.78, 5) is 10.3. The molecule has 2 nitrogen and oxygen atoms in total. The van der Waals surface area contributed by atoms with E-state index in [1.54, 1.807) is 0 Å². The molecule has 0 saturated heterocycles. The first-order valence-corrected chi connectivity index (χ1v) is 8.30. The highest BCUT2D eigenvalue weighted by Gasteiger charge is 1.96. The van der Waals surface area contributed by atoms with Gasteiger partial charge in [0.25, 0.3) is 0 Å². The molecule has 0 heterocycles. The first-order valence-electron chi connectivity index (χ1n) is 8.30. The molecule has 0 aromatic heterocycles. The van der Waals surface area contributed by atoms with E-state index in [0.717, 1.165) is 19.3 Å². The van der Waals surface area contributed by atoms with Crippen LogP contribution in [0.25, 0.3) is 0 Å². The number of aliphatic carboxylic acids is 1. The van der Waals surface area contributed by atoms with Crippen molar-refractivity contribution < 1.29 is 9.90 Å². The van der Waals surface area contributed by atoms with Crippen molar-refractivity contribution in [2.24, 2.45) is 0 Å². The average molecular weight is 280 g/mol. The lowest BCUT2D eigenvalue weighted by Crippen LogP contribution is -1.93. The molecule has 0 aliphatic carbocycles. The fourth-order valence-corrected chi connectivity index (χ4v) is 2.17. The third-order valence-electron chi connectivity index (χ3n) is 3.38. The molecule has 0 atom stereocenters. The van der Waals surface area contributed by atoms with Gasteiger partial charge in [-0.25, -0.2) is 0 Å². The number of carbonyl (C=O) groups is 1. The largest absolute Gasteiger partial charge is 0.481 e. The Balaban J connectivity index is 3.08. The van der Waals surface area contributed by atoms with Crippen LogP contribution >= 0.6 is 0 Å². The molecule has 116 valence electrons. The molecule has 0 unspecified atom stereocenters. The van der Waals surface area contributed by atoms with Crippen LogP contribution in [0.4, 0.5) is 0 Å². The fourth-order valence-electron chi connectivity index (χ4n) is 2.17. The lowest BCUT2D eigenvalue weighted by molar-refractivity contribution is -0.137. The van der Waals surface area contributed by atoms with Gasteiger partial charge in [-0.05, 0) is 25.7 Å². The van der Waals surface area contributed by atoms with Gasteiger partial charge < -0.3 is 5.11 Å². The van der Waals surface area contributed by atoms with Crippen LogP contribution in [0.1, 0.15) is 84.0 Å². The molecule has 0 fully saturated rings. The van der Waals surface area contributed by atoms with Crippen LogP contribution in [0.2, 0.25) is 0 Å². The van der Waals surface area contributed by atoms with Gasteiger partial charge in [0.1, 0.15) is 0 Å². The van der Waals surface area contributed by atoms with Crippen LogP contribution in [0.15, 0.2) is 24.3 Å². The fraction of sp³-hybridized carbons (Fsp3) is 0.722. The lowest BCUT2D eigenvalue weighted by atomic mass is 10.1. The van der Waals surface area contributed by atoms with Crippen molar-refractivity contribution in [1.82, 2.24) is 0 Å². The Morgan fingerprint density at radius 1 is 0.800 bits per heavy atom. The van der Waals surface area contributed by atoms with Gasteiger partial charge in [0.2, 0.25) is 0 Å². The van der Waals surface area contributed by atoms with Crippen LogP contribution in [0, 0.1) is 0 Å². The Labute approximate surface area is 125 Å². The molecule has 0 aliphatic rings. The van der Waals surface area contributed by atoms with Gasteiger partial charge in [0, 0.05) is 6.42 Å². The maximum absolute atomic E-state index is 10.3. The number of carboxylic acids is 1. The van der Waals surface area contributed by atoms with Crippen LogP contribution in [0.5, 0.6) is 0 Å². The predicted molar refractivity (Wildman–Crippen MR) is 87.0 cm³/mol. The third kappa shape index (κ3) is 16.9. The zero-order valence-electron chi connectivity index (χ0n) is 13.2. The van der Waals surface area contributed by atoms with Gasteiger partial charge in [-0.1, -0.05) is 76.2 Å². The molecule has 0 rings (SSSR count). The van der Waals surface area contributed by atoms with Crippen LogP contribution in [0.3, 0.4) is 0 Å². The standard InChI is InChI=1S/C18H32O2/c1-2-3-4-5-6-7-8-9-10-11-12-13-14-15-16-17-18(19)20/h3-6H,2,7-17H2,1H3,(H,19,20)/b4-3+,6-5+. The Kier molecular flexibility index (Phi) is 15.2. The summed E-state index contributed by atoms with van der Waals surface area (Å²) in [5, 5.41) is 8.51. The van der Waals surface area contributed by atoms with Crippen molar-refractivity contribution in [1.29, 1.82) is 0 Å². The summed E-state index contributed by atoms with van der Waals surface area (Å²) in [6.07, 6.45) is 22.3. The minimum absolute atomic E-state index is 0.334. The monoisotopic (exact) mass is 280 g/mol. The van der Waals surface area contributed by atoms with Gasteiger partial charge in [-0.3, -0.25) is 4.79 Å². The van der Waals surface area contributed by atoms with Gasteiger partial charge in [-0.2, -0.15) is 0 Å². The van der Waals surface area contributed by atoms with Crippen molar-refractivity contribution in [3.05, 3.63) is 24.3 Å². The smallest absolute Gasteiger partial charge is 0.303 e. The zero-order valence-corrected chi connectivity index (χ0v) is 13.2. The predicted octanol–water partition coefficient (Wildman–Crippen LogP) is 5.88. The third-order valence-corrected chi connectivity index (χ3v) is 3.38. The molecule has 0 bridgehead atoms.